The second-order valence-corrected chi connectivity index (χ2v) is 6.47. The molecule has 130 valence electrons. The summed E-state index contributed by atoms with van der Waals surface area (Å²) in [6.45, 7) is 3.34. The molecule has 1 aliphatic carbocycles. The van der Waals surface area contributed by atoms with E-state index in [9.17, 15) is 13.6 Å². The van der Waals surface area contributed by atoms with Gasteiger partial charge in [-0.1, -0.05) is 23.6 Å². The van der Waals surface area contributed by atoms with E-state index in [2.05, 4.69) is 22.1 Å². The molecule has 0 spiro atoms. The number of nitrogens with one attached hydrogen (secondary N) is 2. The van der Waals surface area contributed by atoms with E-state index in [0.29, 0.717) is 40.0 Å². The molecule has 2 aromatic rings. The number of carbonyl (C=O) groups is 1. The number of carbonyl (C=O) groups excluding carboxylic acids is 1. The van der Waals surface area contributed by atoms with Crippen molar-refractivity contribution in [1.82, 2.24) is 10.3 Å². The van der Waals surface area contributed by atoms with Gasteiger partial charge < -0.3 is 10.3 Å². The van der Waals surface area contributed by atoms with E-state index in [-0.39, 0.29) is 17.5 Å². The number of H-pyrrole nitrogens is 1. The summed E-state index contributed by atoms with van der Waals surface area (Å²) < 4.78 is 28.7. The van der Waals surface area contributed by atoms with Crippen molar-refractivity contribution in [2.75, 3.05) is 0 Å². The summed E-state index contributed by atoms with van der Waals surface area (Å²) in [6, 6.07) is 0.942. The first-order chi connectivity index (χ1) is 11.9. The molecule has 0 bridgehead atoms. The number of fused-ring (bicyclic) bond motifs is 1. The zero-order valence-corrected chi connectivity index (χ0v) is 14.7. The van der Waals surface area contributed by atoms with Gasteiger partial charge in [0.05, 0.1) is 10.5 Å². The molecule has 0 saturated carbocycles. The lowest BCUT2D eigenvalue weighted by atomic mass is 9.88. The highest BCUT2D eigenvalue weighted by atomic mass is 35.5. The number of rotatable bonds is 2. The molecule has 3 rings (SSSR count). The van der Waals surface area contributed by atoms with E-state index in [1.807, 2.05) is 6.08 Å². The summed E-state index contributed by atoms with van der Waals surface area (Å²) in [7, 11) is 0. The van der Waals surface area contributed by atoms with E-state index >= 15 is 0 Å². The average molecular weight is 363 g/mol. The van der Waals surface area contributed by atoms with E-state index in [4.69, 9.17) is 11.6 Å². The highest BCUT2D eigenvalue weighted by molar-refractivity contribution is 6.37. The van der Waals surface area contributed by atoms with Crippen LogP contribution >= 0.6 is 11.6 Å². The molecule has 1 heterocycles. The summed E-state index contributed by atoms with van der Waals surface area (Å²) >= 11 is 6.32. The van der Waals surface area contributed by atoms with Gasteiger partial charge >= 0.3 is 0 Å². The Bertz CT molecular complexity index is 950. The predicted molar refractivity (Wildman–Crippen MR) is 95.2 cm³/mol. The van der Waals surface area contributed by atoms with Gasteiger partial charge in [0.25, 0.3) is 5.91 Å². The van der Waals surface area contributed by atoms with Crippen molar-refractivity contribution in [3.8, 4) is 11.8 Å². The van der Waals surface area contributed by atoms with Gasteiger partial charge in [-0.15, -0.1) is 0 Å². The molecule has 1 aliphatic rings. The lowest BCUT2D eigenvalue weighted by Crippen LogP contribution is -2.35. The summed E-state index contributed by atoms with van der Waals surface area (Å²) in [5.74, 6) is 2.76. The summed E-state index contributed by atoms with van der Waals surface area (Å²) in [6.07, 6.45) is 3.65. The highest BCUT2D eigenvalue weighted by Crippen LogP contribution is 2.39. The molecule has 2 N–H and O–H groups in total. The summed E-state index contributed by atoms with van der Waals surface area (Å²) in [5.41, 5.74) is 1.93. The Labute approximate surface area is 149 Å². The maximum absolute atomic E-state index is 14.6. The van der Waals surface area contributed by atoms with Gasteiger partial charge in [-0.2, -0.15) is 0 Å². The SMILES string of the molecule is CC#CC(=O)NC1CCC=C(c2c(F)c(F)cc3[nH]c(C)c(Cl)c23)C1. The van der Waals surface area contributed by atoms with Crippen LogP contribution in [0.3, 0.4) is 0 Å². The fourth-order valence-electron chi connectivity index (χ4n) is 3.27. The third-order valence-electron chi connectivity index (χ3n) is 4.36. The van der Waals surface area contributed by atoms with Crippen LogP contribution in [0.1, 0.15) is 37.4 Å². The monoisotopic (exact) mass is 362 g/mol. The summed E-state index contributed by atoms with van der Waals surface area (Å²) in [4.78, 5) is 14.7. The smallest absolute Gasteiger partial charge is 0.296 e. The Kier molecular flexibility index (Phi) is 4.82. The molecule has 6 heteroatoms. The molecule has 25 heavy (non-hydrogen) atoms. The second kappa shape index (κ2) is 6.89. The van der Waals surface area contributed by atoms with Crippen molar-refractivity contribution >= 4 is 34.0 Å². The van der Waals surface area contributed by atoms with Gasteiger partial charge in [0, 0.05) is 28.8 Å². The Balaban J connectivity index is 2.03. The predicted octanol–water partition coefficient (Wildman–Crippen LogP) is 4.48. The topological polar surface area (TPSA) is 44.9 Å². The van der Waals surface area contributed by atoms with Crippen LogP contribution in [0.4, 0.5) is 8.78 Å². The van der Waals surface area contributed by atoms with Crippen LogP contribution in [0.2, 0.25) is 5.02 Å². The molecular weight excluding hydrogens is 346 g/mol. The largest absolute Gasteiger partial charge is 0.357 e. The number of halogens is 3. The van der Waals surface area contributed by atoms with Gasteiger partial charge in [-0.05, 0) is 44.6 Å². The number of hydrogen-bond acceptors (Lipinski definition) is 1. The number of aromatic nitrogens is 1. The minimum absolute atomic E-state index is 0.171. The lowest BCUT2D eigenvalue weighted by molar-refractivity contribution is -0.116. The van der Waals surface area contributed by atoms with Gasteiger partial charge in [0.1, 0.15) is 0 Å². The fraction of sp³-hybridized carbons (Fsp3) is 0.316. The first kappa shape index (κ1) is 17.5. The Hall–Kier alpha value is -2.32. The van der Waals surface area contributed by atoms with Gasteiger partial charge in [-0.3, -0.25) is 4.79 Å². The molecule has 1 unspecified atom stereocenters. The fourth-order valence-corrected chi connectivity index (χ4v) is 3.51. The molecule has 0 aliphatic heterocycles. The van der Waals surface area contributed by atoms with Crippen LogP contribution in [0, 0.1) is 30.4 Å². The van der Waals surface area contributed by atoms with E-state index in [0.717, 1.165) is 12.5 Å². The van der Waals surface area contributed by atoms with Crippen LogP contribution < -0.4 is 5.32 Å². The molecule has 1 amide bonds. The minimum atomic E-state index is -0.927. The van der Waals surface area contributed by atoms with Crippen LogP contribution in [-0.4, -0.2) is 16.9 Å². The Morgan fingerprint density at radius 1 is 1.44 bits per heavy atom. The van der Waals surface area contributed by atoms with E-state index in [1.54, 1.807) is 13.8 Å². The molecule has 1 atom stereocenters. The zero-order valence-electron chi connectivity index (χ0n) is 13.9. The van der Waals surface area contributed by atoms with Crippen LogP contribution in [0.5, 0.6) is 0 Å². The van der Waals surface area contributed by atoms with Crippen molar-refractivity contribution in [2.24, 2.45) is 0 Å². The molecule has 0 radical (unpaired) electrons. The minimum Gasteiger partial charge on any atom is -0.357 e. The van der Waals surface area contributed by atoms with Crippen molar-refractivity contribution in [2.45, 2.75) is 39.2 Å². The molecular formula is C19H17ClF2N2O. The molecule has 0 saturated heterocycles. The third kappa shape index (κ3) is 3.27. The van der Waals surface area contributed by atoms with Crippen molar-refractivity contribution in [3.63, 3.8) is 0 Å². The van der Waals surface area contributed by atoms with E-state index in [1.165, 1.54) is 0 Å². The van der Waals surface area contributed by atoms with Gasteiger partial charge in [-0.25, -0.2) is 8.78 Å². The summed E-state index contributed by atoms with van der Waals surface area (Å²) in [5, 5.41) is 3.67. The zero-order chi connectivity index (χ0) is 18.1. The number of aromatic amines is 1. The highest BCUT2D eigenvalue weighted by Gasteiger charge is 2.25. The molecule has 1 aromatic heterocycles. The Morgan fingerprint density at radius 2 is 2.20 bits per heavy atom. The van der Waals surface area contributed by atoms with Crippen molar-refractivity contribution < 1.29 is 13.6 Å². The number of aryl methyl sites for hydroxylation is 1. The number of allylic oxidation sites excluding steroid dienone is 1. The molecule has 3 nitrogen and oxygen atoms in total. The quantitative estimate of drug-likeness (QED) is 0.760. The van der Waals surface area contributed by atoms with Crippen LogP contribution in [-0.2, 0) is 4.79 Å². The van der Waals surface area contributed by atoms with Gasteiger partial charge in [0.15, 0.2) is 11.6 Å². The van der Waals surface area contributed by atoms with Crippen molar-refractivity contribution in [3.05, 3.63) is 40.1 Å². The van der Waals surface area contributed by atoms with Gasteiger partial charge in [0.2, 0.25) is 0 Å². The van der Waals surface area contributed by atoms with E-state index < -0.39 is 11.6 Å². The number of hydrogen-bond donors (Lipinski definition) is 2. The second-order valence-electron chi connectivity index (χ2n) is 6.09. The number of amides is 1. The van der Waals surface area contributed by atoms with Crippen LogP contribution in [0.25, 0.3) is 16.5 Å². The number of benzene rings is 1. The third-order valence-corrected chi connectivity index (χ3v) is 4.83. The normalized spacial score (nSPS) is 17.0. The first-order valence-corrected chi connectivity index (χ1v) is 8.38. The van der Waals surface area contributed by atoms with Crippen molar-refractivity contribution in [1.29, 1.82) is 0 Å². The standard InChI is InChI=1S/C19H17ClF2N2O/c1-3-5-15(25)24-12-7-4-6-11(8-12)16-17-14(9-13(21)19(16)22)23-10(2)18(17)20/h6,9,12,23H,4,7-8H2,1-2H3,(H,24,25). The van der Waals surface area contributed by atoms with Crippen LogP contribution in [0.15, 0.2) is 12.1 Å². The maximum Gasteiger partial charge on any atom is 0.296 e. The Morgan fingerprint density at radius 3 is 2.92 bits per heavy atom. The molecule has 1 aromatic carbocycles. The lowest BCUT2D eigenvalue weighted by Gasteiger charge is -2.24. The first-order valence-electron chi connectivity index (χ1n) is 8.00. The molecule has 0 fully saturated rings. The maximum atomic E-state index is 14.6. The average Bonchev–Trinajstić information content (AvgIpc) is 2.83.